The molecule has 2 aliphatic carbocycles. The van der Waals surface area contributed by atoms with E-state index in [1.165, 1.54) is 0 Å². The number of allylic oxidation sites excluding steroid dienone is 1. The van der Waals surface area contributed by atoms with Crippen LogP contribution in [0.1, 0.15) is 40.5 Å². The Morgan fingerprint density at radius 2 is 2.05 bits per heavy atom. The summed E-state index contributed by atoms with van der Waals surface area (Å²) in [5, 5.41) is 10.6. The monoisotopic (exact) mass is 264 g/mol. The predicted octanol–water partition coefficient (Wildman–Crippen LogP) is 1.93. The van der Waals surface area contributed by atoms with E-state index in [2.05, 4.69) is 0 Å². The van der Waals surface area contributed by atoms with Crippen molar-refractivity contribution in [2.45, 2.75) is 46.1 Å². The molecule has 1 atom stereocenters. The summed E-state index contributed by atoms with van der Waals surface area (Å²) < 4.78 is 5.05. The highest BCUT2D eigenvalue weighted by Crippen LogP contribution is 2.63. The number of Topliss-reactive ketones (excluding diaryl/α,β-unsaturated/α-hetero) is 1. The molecule has 0 aromatic carbocycles. The van der Waals surface area contributed by atoms with Gasteiger partial charge in [-0.05, 0) is 46.1 Å². The van der Waals surface area contributed by atoms with E-state index in [0.717, 1.165) is 18.4 Å². The molecule has 104 valence electrons. The number of esters is 1. The van der Waals surface area contributed by atoms with Crippen molar-refractivity contribution < 1.29 is 19.4 Å². The Morgan fingerprint density at radius 3 is 2.47 bits per heavy atom. The standard InChI is InChI=1S/C15H20O4/c1-5-10-11(13(17)19-6-2)9(3)15(7-8-15)14(4,18)12(10)16/h5,18H,6-8H2,1-4H3/b10-5-. The van der Waals surface area contributed by atoms with Crippen LogP contribution in [0.4, 0.5) is 0 Å². The molecule has 0 heterocycles. The highest BCUT2D eigenvalue weighted by atomic mass is 16.5. The summed E-state index contributed by atoms with van der Waals surface area (Å²) in [6.07, 6.45) is 3.05. The highest BCUT2D eigenvalue weighted by Gasteiger charge is 2.65. The van der Waals surface area contributed by atoms with Crippen LogP contribution >= 0.6 is 0 Å². The van der Waals surface area contributed by atoms with E-state index in [9.17, 15) is 14.7 Å². The van der Waals surface area contributed by atoms with Crippen LogP contribution in [-0.2, 0) is 14.3 Å². The SMILES string of the molecule is C/C=C1\C(=O)C(C)(O)C2(CC2)C(C)=C1C(=O)OCC. The van der Waals surface area contributed by atoms with Crippen LogP contribution in [0, 0.1) is 5.41 Å². The maximum absolute atomic E-state index is 12.4. The zero-order valence-corrected chi connectivity index (χ0v) is 11.9. The lowest BCUT2D eigenvalue weighted by atomic mass is 9.67. The minimum absolute atomic E-state index is 0.268. The molecule has 0 amide bonds. The zero-order chi connectivity index (χ0) is 14.4. The summed E-state index contributed by atoms with van der Waals surface area (Å²) >= 11 is 0. The van der Waals surface area contributed by atoms with Crippen LogP contribution in [0.15, 0.2) is 22.8 Å². The summed E-state index contributed by atoms with van der Waals surface area (Å²) in [5.74, 6) is -0.843. The Morgan fingerprint density at radius 1 is 1.47 bits per heavy atom. The Bertz CT molecular complexity index is 504. The largest absolute Gasteiger partial charge is 0.462 e. The van der Waals surface area contributed by atoms with E-state index < -0.39 is 17.0 Å². The van der Waals surface area contributed by atoms with Gasteiger partial charge in [0.25, 0.3) is 0 Å². The van der Waals surface area contributed by atoms with Crippen LogP contribution in [0.3, 0.4) is 0 Å². The summed E-state index contributed by atoms with van der Waals surface area (Å²) in [7, 11) is 0. The normalized spacial score (nSPS) is 31.0. The zero-order valence-electron chi connectivity index (χ0n) is 11.9. The molecule has 1 spiro atoms. The van der Waals surface area contributed by atoms with Gasteiger partial charge in [0.15, 0.2) is 5.78 Å². The Hall–Kier alpha value is -1.42. The molecule has 0 saturated heterocycles. The fourth-order valence-electron chi connectivity index (χ4n) is 3.13. The van der Waals surface area contributed by atoms with Gasteiger partial charge in [0.2, 0.25) is 0 Å². The Labute approximate surface area is 113 Å². The molecule has 4 heteroatoms. The second-order valence-electron chi connectivity index (χ2n) is 5.41. The minimum Gasteiger partial charge on any atom is -0.462 e. The Kier molecular flexibility index (Phi) is 3.17. The smallest absolute Gasteiger partial charge is 0.338 e. The Balaban J connectivity index is 2.62. The average molecular weight is 264 g/mol. The van der Waals surface area contributed by atoms with E-state index in [-0.39, 0.29) is 18.0 Å². The summed E-state index contributed by atoms with van der Waals surface area (Å²) in [6, 6.07) is 0. The second-order valence-corrected chi connectivity index (χ2v) is 5.41. The molecule has 1 fully saturated rings. The molecule has 2 aliphatic rings. The van der Waals surface area contributed by atoms with Gasteiger partial charge in [-0.3, -0.25) is 4.79 Å². The number of hydrogen-bond acceptors (Lipinski definition) is 4. The molecule has 0 aliphatic heterocycles. The second kappa shape index (κ2) is 4.30. The number of hydrogen-bond donors (Lipinski definition) is 1. The van der Waals surface area contributed by atoms with Gasteiger partial charge < -0.3 is 9.84 Å². The van der Waals surface area contributed by atoms with Gasteiger partial charge in [-0.1, -0.05) is 6.08 Å². The van der Waals surface area contributed by atoms with Crippen LogP contribution in [-0.4, -0.2) is 29.1 Å². The maximum atomic E-state index is 12.4. The van der Waals surface area contributed by atoms with Gasteiger partial charge in [-0.25, -0.2) is 4.79 Å². The van der Waals surface area contributed by atoms with Gasteiger partial charge in [-0.2, -0.15) is 0 Å². The summed E-state index contributed by atoms with van der Waals surface area (Å²) in [4.78, 5) is 24.5. The molecule has 4 nitrogen and oxygen atoms in total. The molecule has 0 radical (unpaired) electrons. The van der Waals surface area contributed by atoms with Crippen LogP contribution < -0.4 is 0 Å². The number of ketones is 1. The molecule has 19 heavy (non-hydrogen) atoms. The fraction of sp³-hybridized carbons (Fsp3) is 0.600. The number of ether oxygens (including phenoxy) is 1. The molecule has 0 aromatic rings. The highest BCUT2D eigenvalue weighted by molar-refractivity contribution is 6.16. The van der Waals surface area contributed by atoms with E-state index in [1.54, 1.807) is 26.8 Å². The predicted molar refractivity (Wildman–Crippen MR) is 70.4 cm³/mol. The summed E-state index contributed by atoms with van der Waals surface area (Å²) in [6.45, 7) is 7.07. The van der Waals surface area contributed by atoms with Crippen molar-refractivity contribution in [3.8, 4) is 0 Å². The van der Waals surface area contributed by atoms with Crippen molar-refractivity contribution in [1.82, 2.24) is 0 Å². The van der Waals surface area contributed by atoms with Gasteiger partial charge in [0.1, 0.15) is 5.60 Å². The van der Waals surface area contributed by atoms with Crippen LogP contribution in [0.2, 0.25) is 0 Å². The number of carbonyl (C=O) groups is 2. The van der Waals surface area contributed by atoms with Gasteiger partial charge in [-0.15, -0.1) is 0 Å². The van der Waals surface area contributed by atoms with Crippen molar-refractivity contribution in [2.24, 2.45) is 5.41 Å². The first-order valence-electron chi connectivity index (χ1n) is 6.65. The third-order valence-electron chi connectivity index (χ3n) is 4.50. The van der Waals surface area contributed by atoms with Crippen molar-refractivity contribution in [1.29, 1.82) is 0 Å². The van der Waals surface area contributed by atoms with Crippen LogP contribution in [0.25, 0.3) is 0 Å². The van der Waals surface area contributed by atoms with Crippen molar-refractivity contribution in [2.75, 3.05) is 6.61 Å². The average Bonchev–Trinajstić information content (AvgIpc) is 3.14. The van der Waals surface area contributed by atoms with Gasteiger partial charge >= 0.3 is 5.97 Å². The molecule has 0 aromatic heterocycles. The summed E-state index contributed by atoms with van der Waals surface area (Å²) in [5.41, 5.74) is -0.589. The third kappa shape index (κ3) is 1.70. The lowest BCUT2D eigenvalue weighted by Gasteiger charge is -2.39. The van der Waals surface area contributed by atoms with Crippen molar-refractivity contribution >= 4 is 11.8 Å². The van der Waals surface area contributed by atoms with Gasteiger partial charge in [0, 0.05) is 11.0 Å². The lowest BCUT2D eigenvalue weighted by Crippen LogP contribution is -2.50. The number of rotatable bonds is 2. The molecule has 2 rings (SSSR count). The van der Waals surface area contributed by atoms with Gasteiger partial charge in [0.05, 0.1) is 12.2 Å². The molecule has 1 unspecified atom stereocenters. The van der Waals surface area contributed by atoms with E-state index in [1.807, 2.05) is 6.92 Å². The fourth-order valence-corrected chi connectivity index (χ4v) is 3.13. The first-order chi connectivity index (χ1) is 8.83. The third-order valence-corrected chi connectivity index (χ3v) is 4.50. The quantitative estimate of drug-likeness (QED) is 0.611. The lowest BCUT2D eigenvalue weighted by molar-refractivity contribution is -0.143. The minimum atomic E-state index is -1.42. The molecule has 0 bridgehead atoms. The van der Waals surface area contributed by atoms with E-state index >= 15 is 0 Å². The number of carbonyl (C=O) groups excluding carboxylic acids is 2. The van der Waals surface area contributed by atoms with Crippen molar-refractivity contribution in [3.05, 3.63) is 22.8 Å². The van der Waals surface area contributed by atoms with E-state index in [0.29, 0.717) is 5.57 Å². The maximum Gasteiger partial charge on any atom is 0.338 e. The number of aliphatic hydroxyl groups is 1. The first kappa shape index (κ1) is 14.0. The molecule has 1 saturated carbocycles. The van der Waals surface area contributed by atoms with Crippen molar-refractivity contribution in [3.63, 3.8) is 0 Å². The van der Waals surface area contributed by atoms with Crippen LogP contribution in [0.5, 0.6) is 0 Å². The molecular weight excluding hydrogens is 244 g/mol. The first-order valence-corrected chi connectivity index (χ1v) is 6.65. The topological polar surface area (TPSA) is 63.6 Å². The van der Waals surface area contributed by atoms with E-state index in [4.69, 9.17) is 4.74 Å². The molecule has 1 N–H and O–H groups in total. The molecular formula is C15H20O4.